The maximum absolute atomic E-state index is 14.2. The molecule has 0 heterocycles. The molecular weight excluding hydrogens is 534 g/mol. The molecule has 41 heavy (non-hydrogen) atoms. The molecule has 0 aromatic heterocycles. The molecule has 0 spiro atoms. The number of hydrogen-bond acceptors (Lipinski definition) is 4. The van der Waals surface area contributed by atoms with E-state index in [9.17, 15) is 18.0 Å². The summed E-state index contributed by atoms with van der Waals surface area (Å²) in [5.41, 5.74) is 3.09. The van der Waals surface area contributed by atoms with Gasteiger partial charge in [0, 0.05) is 12.6 Å². The smallest absolute Gasteiger partial charge is 0.264 e. The van der Waals surface area contributed by atoms with E-state index < -0.39 is 28.5 Å². The molecule has 0 radical (unpaired) electrons. The number of anilines is 1. The molecule has 7 nitrogen and oxygen atoms in total. The van der Waals surface area contributed by atoms with Crippen molar-refractivity contribution < 1.29 is 18.0 Å². The van der Waals surface area contributed by atoms with E-state index in [-0.39, 0.29) is 23.4 Å². The molecule has 1 atom stereocenters. The van der Waals surface area contributed by atoms with Gasteiger partial charge in [-0.05, 0) is 61.9 Å². The van der Waals surface area contributed by atoms with Crippen molar-refractivity contribution in [3.8, 4) is 0 Å². The number of nitrogens with one attached hydrogen (secondary N) is 1. The Hall–Kier alpha value is -3.65. The molecule has 3 aromatic rings. The molecule has 4 rings (SSSR count). The van der Waals surface area contributed by atoms with Gasteiger partial charge in [-0.1, -0.05) is 92.9 Å². The minimum absolute atomic E-state index is 0.111. The van der Waals surface area contributed by atoms with E-state index in [2.05, 4.69) is 5.32 Å². The summed E-state index contributed by atoms with van der Waals surface area (Å²) >= 11 is 0. The van der Waals surface area contributed by atoms with E-state index in [1.54, 1.807) is 41.3 Å². The summed E-state index contributed by atoms with van der Waals surface area (Å²) in [5, 5.41) is 3.15. The fraction of sp³-hybridized carbons (Fsp3) is 0.394. The fourth-order valence-corrected chi connectivity index (χ4v) is 6.92. The molecule has 1 N–H and O–H groups in total. The standard InChI is InChI=1S/C33H41N3O4S/c1-4-27-15-9-12-18-31(27)36(41(39,40)29-21-19-25(3)20-22-29)24-32(37)35(23-26-13-7-6-8-14-26)30(5-2)33(38)34-28-16-10-11-17-28/h6-9,12-15,18-22,28,30H,4-5,10-11,16-17,23-24H2,1-3H3,(H,34,38)/t30-/m0/s1. The van der Waals surface area contributed by atoms with Crippen molar-refractivity contribution in [3.05, 3.63) is 95.6 Å². The Morgan fingerprint density at radius 1 is 0.902 bits per heavy atom. The maximum atomic E-state index is 14.2. The SMILES string of the molecule is CCc1ccccc1N(CC(=O)N(Cc1ccccc1)[C@@H](CC)C(=O)NC1CCCC1)S(=O)(=O)c1ccc(C)cc1. The molecular formula is C33H41N3O4S. The molecule has 0 saturated heterocycles. The fourth-order valence-electron chi connectivity index (χ4n) is 5.47. The predicted molar refractivity (Wildman–Crippen MR) is 163 cm³/mol. The summed E-state index contributed by atoms with van der Waals surface area (Å²) in [6, 6.07) is 22.8. The van der Waals surface area contributed by atoms with Crippen LogP contribution < -0.4 is 9.62 Å². The summed E-state index contributed by atoms with van der Waals surface area (Å²) < 4.78 is 29.4. The third-order valence-corrected chi connectivity index (χ3v) is 9.59. The summed E-state index contributed by atoms with van der Waals surface area (Å²) in [4.78, 5) is 29.4. The van der Waals surface area contributed by atoms with E-state index in [4.69, 9.17) is 0 Å². The lowest BCUT2D eigenvalue weighted by atomic mass is 10.1. The highest BCUT2D eigenvalue weighted by Crippen LogP contribution is 2.29. The topological polar surface area (TPSA) is 86.8 Å². The zero-order valence-electron chi connectivity index (χ0n) is 24.3. The van der Waals surface area contributed by atoms with Gasteiger partial charge in [0.2, 0.25) is 11.8 Å². The zero-order chi connectivity index (χ0) is 29.4. The highest BCUT2D eigenvalue weighted by atomic mass is 32.2. The van der Waals surface area contributed by atoms with E-state index in [1.807, 2.05) is 63.2 Å². The summed E-state index contributed by atoms with van der Waals surface area (Å²) in [5.74, 6) is -0.616. The molecule has 8 heteroatoms. The van der Waals surface area contributed by atoms with Gasteiger partial charge >= 0.3 is 0 Å². The van der Waals surface area contributed by atoms with Crippen molar-refractivity contribution in [2.75, 3.05) is 10.8 Å². The van der Waals surface area contributed by atoms with Crippen LogP contribution in [0.4, 0.5) is 5.69 Å². The van der Waals surface area contributed by atoms with Gasteiger partial charge in [-0.15, -0.1) is 0 Å². The van der Waals surface area contributed by atoms with Crippen molar-refractivity contribution in [2.24, 2.45) is 0 Å². The van der Waals surface area contributed by atoms with Crippen LogP contribution in [0.5, 0.6) is 0 Å². The number of sulfonamides is 1. The number of carbonyl (C=O) groups excluding carboxylic acids is 2. The average molecular weight is 576 g/mol. The molecule has 3 aromatic carbocycles. The van der Waals surface area contributed by atoms with Crippen molar-refractivity contribution in [3.63, 3.8) is 0 Å². The van der Waals surface area contributed by atoms with Gasteiger partial charge in [-0.25, -0.2) is 8.42 Å². The Kier molecular flexibility index (Phi) is 10.2. The van der Waals surface area contributed by atoms with E-state index >= 15 is 0 Å². The van der Waals surface area contributed by atoms with Crippen LogP contribution in [-0.2, 0) is 32.6 Å². The second kappa shape index (κ2) is 13.8. The number of para-hydroxylation sites is 1. The van der Waals surface area contributed by atoms with E-state index in [0.717, 1.165) is 42.4 Å². The lowest BCUT2D eigenvalue weighted by Gasteiger charge is -2.34. The van der Waals surface area contributed by atoms with Crippen LogP contribution >= 0.6 is 0 Å². The highest BCUT2D eigenvalue weighted by molar-refractivity contribution is 7.92. The lowest BCUT2D eigenvalue weighted by Crippen LogP contribution is -2.53. The first-order valence-electron chi connectivity index (χ1n) is 14.6. The Morgan fingerprint density at radius 3 is 2.17 bits per heavy atom. The van der Waals surface area contributed by atoms with Crippen LogP contribution in [-0.4, -0.2) is 43.8 Å². The molecule has 1 aliphatic carbocycles. The van der Waals surface area contributed by atoms with Crippen molar-refractivity contribution in [2.45, 2.75) is 82.8 Å². The second-order valence-corrected chi connectivity index (χ2v) is 12.6. The monoisotopic (exact) mass is 575 g/mol. The number of rotatable bonds is 12. The third-order valence-electron chi connectivity index (χ3n) is 7.81. The van der Waals surface area contributed by atoms with Gasteiger partial charge in [0.15, 0.2) is 0 Å². The van der Waals surface area contributed by atoms with Gasteiger partial charge in [-0.3, -0.25) is 13.9 Å². The molecule has 0 unspecified atom stereocenters. The Morgan fingerprint density at radius 2 is 1.54 bits per heavy atom. The number of carbonyl (C=O) groups is 2. The zero-order valence-corrected chi connectivity index (χ0v) is 25.1. The first kappa shape index (κ1) is 30.3. The van der Waals surface area contributed by atoms with Crippen molar-refractivity contribution >= 4 is 27.5 Å². The highest BCUT2D eigenvalue weighted by Gasteiger charge is 2.35. The van der Waals surface area contributed by atoms with Crippen LogP contribution in [0, 0.1) is 6.92 Å². The first-order chi connectivity index (χ1) is 19.7. The first-order valence-corrected chi connectivity index (χ1v) is 16.0. The molecule has 1 aliphatic rings. The number of nitrogens with zero attached hydrogens (tertiary/aromatic N) is 2. The van der Waals surface area contributed by atoms with Crippen LogP contribution in [0.2, 0.25) is 0 Å². The van der Waals surface area contributed by atoms with Crippen LogP contribution in [0.1, 0.15) is 62.6 Å². The van der Waals surface area contributed by atoms with E-state index in [0.29, 0.717) is 18.5 Å². The number of aryl methyl sites for hydroxylation is 2. The van der Waals surface area contributed by atoms with Crippen molar-refractivity contribution in [1.82, 2.24) is 10.2 Å². The second-order valence-electron chi connectivity index (χ2n) is 10.7. The Labute approximate surface area is 244 Å². The number of benzene rings is 3. The number of amides is 2. The quantitative estimate of drug-likeness (QED) is 0.304. The van der Waals surface area contributed by atoms with Gasteiger partial charge < -0.3 is 10.2 Å². The molecule has 218 valence electrons. The Balaban J connectivity index is 1.73. The van der Waals surface area contributed by atoms with E-state index in [1.165, 1.54) is 4.31 Å². The molecule has 2 amide bonds. The average Bonchev–Trinajstić information content (AvgIpc) is 3.49. The predicted octanol–water partition coefficient (Wildman–Crippen LogP) is 5.62. The minimum Gasteiger partial charge on any atom is -0.352 e. The molecule has 1 fully saturated rings. The molecule has 0 bridgehead atoms. The number of hydrogen-bond donors (Lipinski definition) is 1. The van der Waals surface area contributed by atoms with Crippen LogP contribution in [0.3, 0.4) is 0 Å². The minimum atomic E-state index is -4.09. The van der Waals surface area contributed by atoms with Gasteiger partial charge in [0.25, 0.3) is 10.0 Å². The van der Waals surface area contributed by atoms with Crippen LogP contribution in [0.15, 0.2) is 83.8 Å². The lowest BCUT2D eigenvalue weighted by molar-refractivity contribution is -0.140. The van der Waals surface area contributed by atoms with Gasteiger partial charge in [-0.2, -0.15) is 0 Å². The maximum Gasteiger partial charge on any atom is 0.264 e. The summed E-state index contributed by atoms with van der Waals surface area (Å²) in [7, 11) is -4.09. The normalized spacial score (nSPS) is 14.4. The Bertz CT molecular complexity index is 1420. The van der Waals surface area contributed by atoms with Gasteiger partial charge in [0.05, 0.1) is 10.6 Å². The molecule has 0 aliphatic heterocycles. The van der Waals surface area contributed by atoms with Gasteiger partial charge in [0.1, 0.15) is 12.6 Å². The van der Waals surface area contributed by atoms with Crippen molar-refractivity contribution in [1.29, 1.82) is 0 Å². The largest absolute Gasteiger partial charge is 0.352 e. The third kappa shape index (κ3) is 7.36. The van der Waals surface area contributed by atoms with Crippen LogP contribution in [0.25, 0.3) is 0 Å². The molecule has 1 saturated carbocycles. The summed E-state index contributed by atoms with van der Waals surface area (Å²) in [6.45, 7) is 5.52. The summed E-state index contributed by atoms with van der Waals surface area (Å²) in [6.07, 6.45) is 5.04.